The Hall–Kier alpha value is -2.98. The van der Waals surface area contributed by atoms with Gasteiger partial charge >= 0.3 is 0 Å². The first-order chi connectivity index (χ1) is 13.7. The second kappa shape index (κ2) is 8.18. The smallest absolute Gasteiger partial charge is 0.293 e. The Bertz CT molecular complexity index is 1030. The number of rotatable bonds is 8. The fourth-order valence-electron chi connectivity index (χ4n) is 2.75. The van der Waals surface area contributed by atoms with Crippen LogP contribution in [0.15, 0.2) is 47.4 Å². The maximum Gasteiger partial charge on any atom is 0.293 e. The minimum Gasteiger partial charge on any atom is -0.497 e. The molecule has 3 rings (SSSR count). The first-order valence-corrected chi connectivity index (χ1v) is 10.3. The first kappa shape index (κ1) is 20.7. The number of methoxy groups -OCH3 is 1. The van der Waals surface area contributed by atoms with Crippen LogP contribution in [0.4, 0.5) is 5.69 Å². The van der Waals surface area contributed by atoms with Gasteiger partial charge in [0.05, 0.1) is 18.1 Å². The molecular weight excluding hydrogens is 398 g/mol. The Morgan fingerprint density at radius 2 is 1.90 bits per heavy atom. The van der Waals surface area contributed by atoms with Crippen molar-refractivity contribution < 1.29 is 22.9 Å². The maximum absolute atomic E-state index is 12.9. The van der Waals surface area contributed by atoms with Crippen LogP contribution in [-0.4, -0.2) is 43.8 Å². The van der Waals surface area contributed by atoms with Crippen molar-refractivity contribution in [2.75, 3.05) is 14.2 Å². The predicted octanol–water partition coefficient (Wildman–Crippen LogP) is 2.32. The lowest BCUT2D eigenvalue weighted by Gasteiger charge is -2.18. The molecule has 1 amide bonds. The monoisotopic (exact) mass is 419 g/mol. The van der Waals surface area contributed by atoms with Gasteiger partial charge in [0.2, 0.25) is 10.0 Å². The van der Waals surface area contributed by atoms with Crippen molar-refractivity contribution in [3.63, 3.8) is 0 Å². The van der Waals surface area contributed by atoms with E-state index in [1.165, 1.54) is 20.2 Å². The molecule has 10 heteroatoms. The number of sulfonamides is 1. The van der Waals surface area contributed by atoms with Gasteiger partial charge in [-0.15, -0.1) is 0 Å². The van der Waals surface area contributed by atoms with Gasteiger partial charge < -0.3 is 10.1 Å². The molecule has 0 atom stereocenters. The average Bonchev–Trinajstić information content (AvgIpc) is 3.51. The van der Waals surface area contributed by atoms with Crippen LogP contribution in [0.25, 0.3) is 0 Å². The lowest BCUT2D eigenvalue weighted by atomic mass is 10.1. The highest BCUT2D eigenvalue weighted by Gasteiger charge is 2.30. The summed E-state index contributed by atoms with van der Waals surface area (Å²) >= 11 is 0. The molecule has 2 aromatic rings. The maximum atomic E-state index is 12.9. The highest BCUT2D eigenvalue weighted by atomic mass is 32.2. The van der Waals surface area contributed by atoms with Crippen molar-refractivity contribution in [2.45, 2.75) is 30.3 Å². The summed E-state index contributed by atoms with van der Waals surface area (Å²) in [7, 11) is -1.43. The number of carbonyl (C=O) groups excluding carboxylic acids is 1. The number of carbonyl (C=O) groups is 1. The molecule has 29 heavy (non-hydrogen) atoms. The first-order valence-electron chi connectivity index (χ1n) is 8.91. The van der Waals surface area contributed by atoms with Crippen LogP contribution in [0.3, 0.4) is 0 Å². The lowest BCUT2D eigenvalue weighted by molar-refractivity contribution is -0.387. The molecule has 0 radical (unpaired) electrons. The van der Waals surface area contributed by atoms with Crippen molar-refractivity contribution >= 4 is 21.6 Å². The van der Waals surface area contributed by atoms with Gasteiger partial charge in [-0.05, 0) is 42.7 Å². The molecule has 1 aliphatic carbocycles. The van der Waals surface area contributed by atoms with Crippen LogP contribution in [0.1, 0.15) is 28.8 Å². The second-order valence-corrected chi connectivity index (χ2v) is 8.81. The topological polar surface area (TPSA) is 119 Å². The number of benzene rings is 2. The Morgan fingerprint density at radius 1 is 1.24 bits per heavy atom. The van der Waals surface area contributed by atoms with E-state index in [-0.39, 0.29) is 24.2 Å². The van der Waals surface area contributed by atoms with Crippen molar-refractivity contribution in [3.05, 3.63) is 63.7 Å². The van der Waals surface area contributed by atoms with Crippen LogP contribution in [-0.2, 0) is 16.6 Å². The Balaban J connectivity index is 1.78. The number of nitrogens with one attached hydrogen (secondary N) is 1. The molecule has 0 aromatic heterocycles. The van der Waals surface area contributed by atoms with E-state index in [0.717, 1.165) is 29.3 Å². The van der Waals surface area contributed by atoms with Crippen LogP contribution in [0.5, 0.6) is 5.75 Å². The number of ether oxygens (including phenoxy) is 1. The van der Waals surface area contributed by atoms with E-state index >= 15 is 0 Å². The third kappa shape index (κ3) is 4.72. The summed E-state index contributed by atoms with van der Waals surface area (Å²) in [4.78, 5) is 22.2. The zero-order valence-corrected chi connectivity index (χ0v) is 16.8. The summed E-state index contributed by atoms with van der Waals surface area (Å²) < 4.78 is 31.7. The Labute approximate surface area is 168 Å². The van der Waals surface area contributed by atoms with Gasteiger partial charge in [-0.3, -0.25) is 14.9 Å². The Kier molecular flexibility index (Phi) is 5.85. The predicted molar refractivity (Wildman–Crippen MR) is 105 cm³/mol. The largest absolute Gasteiger partial charge is 0.497 e. The second-order valence-electron chi connectivity index (χ2n) is 6.80. The SMILES string of the molecule is COc1ccc(S(=O)(=O)N(C)Cc2ccc(C(=O)NC3CC3)cc2)c([N+](=O)[O-])c1. The standard InChI is InChI=1S/C19H21N3O6S/c1-21(12-13-3-5-14(6-4-13)19(23)20-15-7-8-15)29(26,27)18-10-9-16(28-2)11-17(18)22(24)25/h3-6,9-11,15H,7-8,12H2,1-2H3,(H,20,23). The number of hydrogen-bond acceptors (Lipinski definition) is 6. The Morgan fingerprint density at radius 3 is 2.45 bits per heavy atom. The molecule has 1 fully saturated rings. The zero-order chi connectivity index (χ0) is 21.2. The van der Waals surface area contributed by atoms with Crippen molar-refractivity contribution in [3.8, 4) is 5.75 Å². The van der Waals surface area contributed by atoms with E-state index in [4.69, 9.17) is 4.74 Å². The van der Waals surface area contributed by atoms with Crippen LogP contribution in [0.2, 0.25) is 0 Å². The normalized spacial score (nSPS) is 13.9. The molecule has 0 unspecified atom stereocenters. The van der Waals surface area contributed by atoms with Gasteiger partial charge in [-0.1, -0.05) is 12.1 Å². The number of nitrogens with zero attached hydrogens (tertiary/aromatic N) is 2. The van der Waals surface area contributed by atoms with E-state index in [0.29, 0.717) is 11.1 Å². The van der Waals surface area contributed by atoms with E-state index < -0.39 is 25.5 Å². The molecular formula is C19H21N3O6S. The van der Waals surface area contributed by atoms with Gasteiger partial charge in [0, 0.05) is 25.2 Å². The summed E-state index contributed by atoms with van der Waals surface area (Å²) in [6.45, 7) is -0.00393. The minimum atomic E-state index is -4.12. The third-order valence-corrected chi connectivity index (χ3v) is 6.44. The highest BCUT2D eigenvalue weighted by Crippen LogP contribution is 2.30. The quantitative estimate of drug-likeness (QED) is 0.518. The molecule has 0 spiro atoms. The number of nitro groups is 1. The summed E-state index contributed by atoms with van der Waals surface area (Å²) in [5.74, 6) is 0.0345. The van der Waals surface area contributed by atoms with Crippen molar-refractivity contribution in [1.82, 2.24) is 9.62 Å². The fraction of sp³-hybridized carbons (Fsp3) is 0.316. The van der Waals surface area contributed by atoms with Crippen molar-refractivity contribution in [1.29, 1.82) is 0 Å². The van der Waals surface area contributed by atoms with Crippen LogP contribution < -0.4 is 10.1 Å². The molecule has 0 aliphatic heterocycles. The van der Waals surface area contributed by atoms with E-state index in [2.05, 4.69) is 5.32 Å². The molecule has 2 aromatic carbocycles. The van der Waals surface area contributed by atoms with Gasteiger partial charge in [0.25, 0.3) is 11.6 Å². The zero-order valence-electron chi connectivity index (χ0n) is 16.0. The number of nitro benzene ring substituents is 1. The molecule has 1 N–H and O–H groups in total. The van der Waals surface area contributed by atoms with E-state index in [1.54, 1.807) is 24.3 Å². The molecule has 1 aliphatic rings. The summed E-state index contributed by atoms with van der Waals surface area (Å²) in [5.41, 5.74) is 0.593. The number of hydrogen-bond donors (Lipinski definition) is 1. The highest BCUT2D eigenvalue weighted by molar-refractivity contribution is 7.89. The van der Waals surface area contributed by atoms with Crippen LogP contribution in [0, 0.1) is 10.1 Å². The van der Waals surface area contributed by atoms with Gasteiger partial charge in [-0.25, -0.2) is 8.42 Å². The molecule has 0 bridgehead atoms. The van der Waals surface area contributed by atoms with Gasteiger partial charge in [-0.2, -0.15) is 4.31 Å². The summed E-state index contributed by atoms with van der Waals surface area (Å²) in [5, 5.41) is 14.2. The number of amides is 1. The van der Waals surface area contributed by atoms with Crippen molar-refractivity contribution in [2.24, 2.45) is 0 Å². The van der Waals surface area contributed by atoms with Gasteiger partial charge in [0.15, 0.2) is 4.90 Å². The average molecular weight is 419 g/mol. The molecule has 154 valence electrons. The summed E-state index contributed by atoms with van der Waals surface area (Å²) in [6.07, 6.45) is 1.98. The summed E-state index contributed by atoms with van der Waals surface area (Å²) in [6, 6.07) is 10.4. The van der Waals surface area contributed by atoms with E-state index in [1.807, 2.05) is 0 Å². The fourth-order valence-corrected chi connectivity index (χ4v) is 4.05. The molecule has 0 saturated heterocycles. The van der Waals surface area contributed by atoms with Gasteiger partial charge in [0.1, 0.15) is 5.75 Å². The minimum absolute atomic E-state index is 0.00393. The molecule has 9 nitrogen and oxygen atoms in total. The lowest BCUT2D eigenvalue weighted by Crippen LogP contribution is -2.27. The molecule has 1 saturated carbocycles. The van der Waals surface area contributed by atoms with Crippen LogP contribution >= 0.6 is 0 Å². The molecule has 0 heterocycles. The third-order valence-electron chi connectivity index (χ3n) is 4.58. The van der Waals surface area contributed by atoms with E-state index in [9.17, 15) is 23.3 Å².